The molecule has 1 rings (SSSR count). The highest BCUT2D eigenvalue weighted by Crippen LogP contribution is 2.22. The van der Waals surface area contributed by atoms with E-state index in [1.54, 1.807) is 13.8 Å². The minimum Gasteiger partial charge on any atom is -0.399 e. The van der Waals surface area contributed by atoms with Crippen molar-refractivity contribution < 1.29 is 13.9 Å². The highest BCUT2D eigenvalue weighted by Gasteiger charge is 2.19. The topological polar surface area (TPSA) is 58.3 Å². The van der Waals surface area contributed by atoms with E-state index in [-0.39, 0.29) is 17.9 Å². The predicted molar refractivity (Wildman–Crippen MR) is 60.2 cm³/mol. The summed E-state index contributed by atoms with van der Waals surface area (Å²) in [6, 6.07) is 2.07. The number of nitrogen functional groups attached to an aromatic ring is 1. The maximum Gasteiger partial charge on any atom is 0.151 e. The lowest BCUT2D eigenvalue weighted by atomic mass is 10.0. The van der Waals surface area contributed by atoms with Crippen LogP contribution in [0.15, 0.2) is 12.1 Å². The maximum absolute atomic E-state index is 13.3. The SMILES string of the molecule is CCC(C)(O)CNc1c(F)cc(N)cc1F. The van der Waals surface area contributed by atoms with Crippen LogP contribution in [0.4, 0.5) is 20.2 Å². The van der Waals surface area contributed by atoms with Gasteiger partial charge >= 0.3 is 0 Å². The summed E-state index contributed by atoms with van der Waals surface area (Å²) < 4.78 is 26.7. The Morgan fingerprint density at radius 3 is 2.31 bits per heavy atom. The fraction of sp³-hybridized carbons (Fsp3) is 0.455. The highest BCUT2D eigenvalue weighted by molar-refractivity contribution is 5.54. The molecule has 0 saturated carbocycles. The van der Waals surface area contributed by atoms with Gasteiger partial charge in [-0.3, -0.25) is 0 Å². The van der Waals surface area contributed by atoms with Gasteiger partial charge in [0.15, 0.2) is 11.6 Å². The molecule has 1 atom stereocenters. The summed E-state index contributed by atoms with van der Waals surface area (Å²) in [6.45, 7) is 3.45. The van der Waals surface area contributed by atoms with Gasteiger partial charge in [0.1, 0.15) is 5.69 Å². The van der Waals surface area contributed by atoms with E-state index in [2.05, 4.69) is 5.32 Å². The molecule has 1 aromatic carbocycles. The molecule has 0 saturated heterocycles. The first kappa shape index (κ1) is 12.7. The first-order chi connectivity index (χ1) is 7.35. The Morgan fingerprint density at radius 2 is 1.88 bits per heavy atom. The third kappa shape index (κ3) is 3.06. The number of benzene rings is 1. The van der Waals surface area contributed by atoms with Crippen LogP contribution in [-0.2, 0) is 0 Å². The number of nitrogens with one attached hydrogen (secondary N) is 1. The quantitative estimate of drug-likeness (QED) is 0.694. The molecule has 1 aromatic rings. The monoisotopic (exact) mass is 230 g/mol. The molecule has 0 aliphatic carbocycles. The second-order valence-corrected chi connectivity index (χ2v) is 4.06. The Balaban J connectivity index is 2.82. The molecule has 0 heterocycles. The first-order valence-electron chi connectivity index (χ1n) is 5.06. The Morgan fingerprint density at radius 1 is 1.38 bits per heavy atom. The van der Waals surface area contributed by atoms with Crippen LogP contribution in [0.5, 0.6) is 0 Å². The summed E-state index contributed by atoms with van der Waals surface area (Å²) in [5.41, 5.74) is 4.05. The molecule has 5 heteroatoms. The van der Waals surface area contributed by atoms with Crippen LogP contribution >= 0.6 is 0 Å². The smallest absolute Gasteiger partial charge is 0.151 e. The van der Waals surface area contributed by atoms with Crippen molar-refractivity contribution in [2.24, 2.45) is 0 Å². The van der Waals surface area contributed by atoms with E-state index >= 15 is 0 Å². The lowest BCUT2D eigenvalue weighted by molar-refractivity contribution is 0.0696. The molecule has 0 spiro atoms. The van der Waals surface area contributed by atoms with E-state index in [4.69, 9.17) is 5.73 Å². The largest absolute Gasteiger partial charge is 0.399 e. The maximum atomic E-state index is 13.3. The van der Waals surface area contributed by atoms with Crippen molar-refractivity contribution in [1.29, 1.82) is 0 Å². The molecule has 3 nitrogen and oxygen atoms in total. The van der Waals surface area contributed by atoms with Gasteiger partial charge in [0.05, 0.1) is 5.60 Å². The highest BCUT2D eigenvalue weighted by atomic mass is 19.1. The van der Waals surface area contributed by atoms with E-state index < -0.39 is 17.2 Å². The zero-order valence-electron chi connectivity index (χ0n) is 9.35. The first-order valence-corrected chi connectivity index (χ1v) is 5.06. The minimum absolute atomic E-state index is 0.0304. The van der Waals surface area contributed by atoms with Crippen LogP contribution in [0, 0.1) is 11.6 Å². The van der Waals surface area contributed by atoms with Crippen molar-refractivity contribution in [3.63, 3.8) is 0 Å². The standard InChI is InChI=1S/C11H16F2N2O/c1-3-11(2,16)6-15-10-8(12)4-7(14)5-9(10)13/h4-5,15-16H,3,6,14H2,1-2H3. The molecular weight excluding hydrogens is 214 g/mol. The number of nitrogens with two attached hydrogens (primary N) is 1. The molecule has 0 bridgehead atoms. The Hall–Kier alpha value is -1.36. The van der Waals surface area contributed by atoms with Crippen LogP contribution in [0.1, 0.15) is 20.3 Å². The van der Waals surface area contributed by atoms with Crippen molar-refractivity contribution in [2.75, 3.05) is 17.6 Å². The van der Waals surface area contributed by atoms with Crippen LogP contribution in [0.25, 0.3) is 0 Å². The Bertz CT molecular complexity index is 357. The fourth-order valence-electron chi connectivity index (χ4n) is 1.17. The summed E-state index contributed by atoms with van der Waals surface area (Å²) in [6.07, 6.45) is 0.484. The number of hydrogen-bond donors (Lipinski definition) is 3. The van der Waals surface area contributed by atoms with Gasteiger partial charge in [0.2, 0.25) is 0 Å². The molecule has 0 aromatic heterocycles. The normalized spacial score (nSPS) is 14.6. The lowest BCUT2D eigenvalue weighted by Crippen LogP contribution is -2.32. The van der Waals surface area contributed by atoms with Crippen molar-refractivity contribution in [3.8, 4) is 0 Å². The minimum atomic E-state index is -1.000. The number of aliphatic hydroxyl groups is 1. The number of hydrogen-bond acceptors (Lipinski definition) is 3. The number of rotatable bonds is 4. The summed E-state index contributed by atoms with van der Waals surface area (Å²) in [7, 11) is 0. The fourth-order valence-corrected chi connectivity index (χ4v) is 1.17. The van der Waals surface area contributed by atoms with Gasteiger partial charge in [-0.25, -0.2) is 8.78 Å². The van der Waals surface area contributed by atoms with Gasteiger partial charge in [-0.15, -0.1) is 0 Å². The third-order valence-electron chi connectivity index (χ3n) is 2.47. The molecule has 0 radical (unpaired) electrons. The van der Waals surface area contributed by atoms with Crippen molar-refractivity contribution >= 4 is 11.4 Å². The van der Waals surface area contributed by atoms with Crippen LogP contribution in [0.2, 0.25) is 0 Å². The van der Waals surface area contributed by atoms with Gasteiger partial charge in [0.25, 0.3) is 0 Å². The van der Waals surface area contributed by atoms with E-state index in [1.165, 1.54) is 0 Å². The second-order valence-electron chi connectivity index (χ2n) is 4.06. The van der Waals surface area contributed by atoms with Crippen molar-refractivity contribution in [1.82, 2.24) is 0 Å². The molecule has 0 aliphatic heterocycles. The predicted octanol–water partition coefficient (Wildman–Crippen LogP) is 2.12. The van der Waals surface area contributed by atoms with Crippen LogP contribution < -0.4 is 11.1 Å². The van der Waals surface area contributed by atoms with E-state index in [9.17, 15) is 13.9 Å². The van der Waals surface area contributed by atoms with Crippen LogP contribution in [0.3, 0.4) is 0 Å². The van der Waals surface area contributed by atoms with Crippen LogP contribution in [-0.4, -0.2) is 17.3 Å². The summed E-state index contributed by atoms with van der Waals surface area (Å²) in [5.74, 6) is -1.52. The van der Waals surface area contributed by atoms with Gasteiger partial charge in [-0.05, 0) is 25.5 Å². The molecule has 0 fully saturated rings. The lowest BCUT2D eigenvalue weighted by Gasteiger charge is -2.22. The van der Waals surface area contributed by atoms with Gasteiger partial charge in [-0.2, -0.15) is 0 Å². The van der Waals surface area contributed by atoms with Crippen molar-refractivity contribution in [2.45, 2.75) is 25.9 Å². The Kier molecular flexibility index (Phi) is 3.70. The van der Waals surface area contributed by atoms with Crippen molar-refractivity contribution in [3.05, 3.63) is 23.8 Å². The van der Waals surface area contributed by atoms with Gasteiger partial charge in [0, 0.05) is 12.2 Å². The molecule has 0 amide bonds. The van der Waals surface area contributed by atoms with Gasteiger partial charge < -0.3 is 16.2 Å². The summed E-state index contributed by atoms with van der Waals surface area (Å²) in [5, 5.41) is 12.2. The molecule has 1 unspecified atom stereocenters. The average molecular weight is 230 g/mol. The molecular formula is C11H16F2N2O. The average Bonchev–Trinajstić information content (AvgIpc) is 2.16. The summed E-state index contributed by atoms with van der Waals surface area (Å²) in [4.78, 5) is 0. The second kappa shape index (κ2) is 4.65. The van der Waals surface area contributed by atoms with E-state index in [0.29, 0.717) is 6.42 Å². The molecule has 16 heavy (non-hydrogen) atoms. The molecule has 4 N–H and O–H groups in total. The number of halogens is 2. The zero-order chi connectivity index (χ0) is 12.3. The molecule has 0 aliphatic rings. The van der Waals surface area contributed by atoms with E-state index in [1.807, 2.05) is 0 Å². The van der Waals surface area contributed by atoms with Gasteiger partial charge in [-0.1, -0.05) is 6.92 Å². The number of anilines is 2. The zero-order valence-corrected chi connectivity index (χ0v) is 9.35. The third-order valence-corrected chi connectivity index (χ3v) is 2.47. The van der Waals surface area contributed by atoms with E-state index in [0.717, 1.165) is 12.1 Å². The Labute approximate surface area is 93.3 Å². The summed E-state index contributed by atoms with van der Waals surface area (Å²) >= 11 is 0. The molecule has 90 valence electrons.